The number of rotatable bonds is 4. The summed E-state index contributed by atoms with van der Waals surface area (Å²) in [5, 5.41) is 11.2. The van der Waals surface area contributed by atoms with E-state index in [0.717, 1.165) is 38.3 Å². The average molecular weight is 335 g/mol. The quantitative estimate of drug-likeness (QED) is 0.905. The molecule has 2 saturated heterocycles. The highest BCUT2D eigenvalue weighted by molar-refractivity contribution is 5.76. The van der Waals surface area contributed by atoms with E-state index < -0.39 is 5.60 Å². The summed E-state index contributed by atoms with van der Waals surface area (Å²) in [5.41, 5.74) is -0.663. The Morgan fingerprint density at radius 3 is 2.88 bits per heavy atom. The first-order chi connectivity index (χ1) is 11.5. The molecule has 0 aromatic carbocycles. The number of hydrogen-bond donors (Lipinski definition) is 1. The number of aryl methyl sites for hydroxylation is 1. The van der Waals surface area contributed by atoms with Crippen molar-refractivity contribution in [2.75, 3.05) is 26.3 Å². The van der Waals surface area contributed by atoms with E-state index in [9.17, 15) is 9.90 Å². The first-order valence-electron chi connectivity index (χ1n) is 9.12. The molecule has 24 heavy (non-hydrogen) atoms. The lowest BCUT2D eigenvalue weighted by Gasteiger charge is -2.48. The first-order valence-corrected chi connectivity index (χ1v) is 9.12. The number of piperidine rings is 1. The van der Waals surface area contributed by atoms with Gasteiger partial charge in [0.25, 0.3) is 0 Å². The highest BCUT2D eigenvalue weighted by Crippen LogP contribution is 2.39. The maximum Gasteiger partial charge on any atom is 0.242 e. The second-order valence-corrected chi connectivity index (χ2v) is 7.19. The van der Waals surface area contributed by atoms with Crippen LogP contribution in [-0.2, 0) is 22.5 Å². The third kappa shape index (κ3) is 3.35. The predicted molar refractivity (Wildman–Crippen MR) is 90.5 cm³/mol. The first kappa shape index (κ1) is 17.4. The number of carbonyl (C=O) groups is 1. The van der Waals surface area contributed by atoms with Crippen LogP contribution in [0.2, 0.25) is 0 Å². The van der Waals surface area contributed by atoms with Crippen LogP contribution in [0, 0.1) is 11.8 Å². The van der Waals surface area contributed by atoms with Gasteiger partial charge in [-0.25, -0.2) is 4.98 Å². The summed E-state index contributed by atoms with van der Waals surface area (Å²) in [6, 6.07) is 0. The van der Waals surface area contributed by atoms with Crippen molar-refractivity contribution >= 4 is 5.91 Å². The minimum atomic E-state index is -0.663. The molecule has 0 aliphatic carbocycles. The Bertz CT molecular complexity index is 568. The molecule has 2 aliphatic heterocycles. The van der Waals surface area contributed by atoms with Crippen molar-refractivity contribution in [2.24, 2.45) is 11.8 Å². The molecule has 1 N–H and O–H groups in total. The fourth-order valence-corrected chi connectivity index (χ4v) is 4.21. The van der Waals surface area contributed by atoms with Crippen molar-refractivity contribution in [1.82, 2.24) is 14.5 Å². The number of amides is 1. The molecule has 1 aromatic rings. The molecule has 2 atom stereocenters. The van der Waals surface area contributed by atoms with Crippen LogP contribution in [0.1, 0.15) is 38.9 Å². The Balaban J connectivity index is 1.61. The zero-order chi connectivity index (χ0) is 17.2. The zero-order valence-electron chi connectivity index (χ0n) is 14.8. The number of imidazole rings is 1. The largest absolute Gasteiger partial charge is 0.389 e. The number of likely N-dealkylation sites (tertiary alicyclic amines) is 1. The molecule has 3 heterocycles. The predicted octanol–water partition coefficient (Wildman–Crippen LogP) is 1.47. The van der Waals surface area contributed by atoms with E-state index in [-0.39, 0.29) is 11.8 Å². The van der Waals surface area contributed by atoms with Crippen molar-refractivity contribution in [3.05, 3.63) is 18.2 Å². The molecule has 6 nitrogen and oxygen atoms in total. The highest BCUT2D eigenvalue weighted by atomic mass is 16.5. The molecule has 6 heteroatoms. The zero-order valence-corrected chi connectivity index (χ0v) is 14.8. The van der Waals surface area contributed by atoms with E-state index in [1.54, 1.807) is 6.20 Å². The van der Waals surface area contributed by atoms with Crippen LogP contribution in [0.5, 0.6) is 0 Å². The molecular weight excluding hydrogens is 306 g/mol. The SMILES string of the molecule is CCc1nccn1CC(=O)N1CC[C@@](O)(C2CCOCC2)[C@H](C)C1. The Morgan fingerprint density at radius 1 is 1.46 bits per heavy atom. The maximum atomic E-state index is 12.6. The average Bonchev–Trinajstić information content (AvgIpc) is 3.05. The van der Waals surface area contributed by atoms with Crippen LogP contribution < -0.4 is 0 Å². The van der Waals surface area contributed by atoms with Gasteiger partial charge in [0, 0.05) is 51.0 Å². The fourth-order valence-electron chi connectivity index (χ4n) is 4.21. The Hall–Kier alpha value is -1.40. The van der Waals surface area contributed by atoms with E-state index in [2.05, 4.69) is 11.9 Å². The lowest BCUT2D eigenvalue weighted by atomic mass is 9.70. The third-order valence-electron chi connectivity index (χ3n) is 5.83. The van der Waals surface area contributed by atoms with Crippen molar-refractivity contribution in [3.63, 3.8) is 0 Å². The standard InChI is InChI=1S/C18H29N3O3/c1-3-16-19-7-9-20(16)13-17(22)21-8-6-18(23,14(2)12-21)15-4-10-24-11-5-15/h7,9,14-15,23H,3-6,8,10-13H2,1-2H3/t14-,18+/m1/s1. The van der Waals surface area contributed by atoms with E-state index >= 15 is 0 Å². The molecule has 0 unspecified atom stereocenters. The van der Waals surface area contributed by atoms with Crippen LogP contribution in [0.4, 0.5) is 0 Å². The van der Waals surface area contributed by atoms with Gasteiger partial charge in [-0.15, -0.1) is 0 Å². The molecule has 134 valence electrons. The van der Waals surface area contributed by atoms with Crippen LogP contribution >= 0.6 is 0 Å². The number of aromatic nitrogens is 2. The summed E-state index contributed by atoms with van der Waals surface area (Å²) in [5.74, 6) is 1.43. The molecule has 2 fully saturated rings. The Labute approximate surface area is 143 Å². The monoisotopic (exact) mass is 335 g/mol. The number of hydrogen-bond acceptors (Lipinski definition) is 4. The summed E-state index contributed by atoms with van der Waals surface area (Å²) in [7, 11) is 0. The minimum absolute atomic E-state index is 0.0896. The fraction of sp³-hybridized carbons (Fsp3) is 0.778. The second-order valence-electron chi connectivity index (χ2n) is 7.19. The molecule has 0 bridgehead atoms. The van der Waals surface area contributed by atoms with Crippen molar-refractivity contribution < 1.29 is 14.6 Å². The van der Waals surface area contributed by atoms with Crippen molar-refractivity contribution in [1.29, 1.82) is 0 Å². The number of nitrogens with zero attached hydrogens (tertiary/aromatic N) is 3. The van der Waals surface area contributed by atoms with Crippen molar-refractivity contribution in [3.8, 4) is 0 Å². The van der Waals surface area contributed by atoms with E-state index in [1.807, 2.05) is 22.6 Å². The molecule has 0 radical (unpaired) electrons. The van der Waals surface area contributed by atoms with E-state index in [1.165, 1.54) is 0 Å². The topological polar surface area (TPSA) is 67.6 Å². The van der Waals surface area contributed by atoms with Gasteiger partial charge in [-0.2, -0.15) is 0 Å². The van der Waals surface area contributed by atoms with Crippen LogP contribution in [-0.4, -0.2) is 57.4 Å². The van der Waals surface area contributed by atoms with Crippen molar-refractivity contribution in [2.45, 2.75) is 51.7 Å². The smallest absolute Gasteiger partial charge is 0.242 e. The van der Waals surface area contributed by atoms with Crippen LogP contribution in [0.3, 0.4) is 0 Å². The summed E-state index contributed by atoms with van der Waals surface area (Å²) in [6.07, 6.45) is 6.93. The summed E-state index contributed by atoms with van der Waals surface area (Å²) in [4.78, 5) is 18.8. The number of carbonyl (C=O) groups excluding carboxylic acids is 1. The normalized spacial score (nSPS) is 29.0. The molecule has 3 rings (SSSR count). The minimum Gasteiger partial charge on any atom is -0.389 e. The molecule has 1 amide bonds. The Morgan fingerprint density at radius 2 is 2.21 bits per heavy atom. The van der Waals surface area contributed by atoms with Gasteiger partial charge in [-0.3, -0.25) is 4.79 Å². The lowest BCUT2D eigenvalue weighted by molar-refractivity contribution is -0.151. The third-order valence-corrected chi connectivity index (χ3v) is 5.83. The van der Waals surface area contributed by atoms with Gasteiger partial charge in [0.15, 0.2) is 0 Å². The summed E-state index contributed by atoms with van der Waals surface area (Å²) in [6.45, 7) is 7.19. The molecular formula is C18H29N3O3. The molecule has 0 spiro atoms. The van der Waals surface area contributed by atoms with E-state index in [4.69, 9.17) is 4.74 Å². The van der Waals surface area contributed by atoms with E-state index in [0.29, 0.717) is 32.0 Å². The van der Waals surface area contributed by atoms with Gasteiger partial charge in [-0.05, 0) is 25.2 Å². The molecule has 2 aliphatic rings. The van der Waals surface area contributed by atoms with Gasteiger partial charge < -0.3 is 19.3 Å². The van der Waals surface area contributed by atoms with Gasteiger partial charge in [0.05, 0.1) is 5.60 Å². The van der Waals surface area contributed by atoms with Gasteiger partial charge >= 0.3 is 0 Å². The van der Waals surface area contributed by atoms with Gasteiger partial charge in [0.1, 0.15) is 12.4 Å². The van der Waals surface area contributed by atoms with Gasteiger partial charge in [0.2, 0.25) is 5.91 Å². The molecule has 0 saturated carbocycles. The number of aliphatic hydroxyl groups is 1. The van der Waals surface area contributed by atoms with Crippen LogP contribution in [0.15, 0.2) is 12.4 Å². The summed E-state index contributed by atoms with van der Waals surface area (Å²) >= 11 is 0. The van der Waals surface area contributed by atoms with Crippen LogP contribution in [0.25, 0.3) is 0 Å². The highest BCUT2D eigenvalue weighted by Gasteiger charge is 2.45. The lowest BCUT2D eigenvalue weighted by Crippen LogP contribution is -2.57. The Kier molecular flexibility index (Phi) is 5.25. The summed E-state index contributed by atoms with van der Waals surface area (Å²) < 4.78 is 7.35. The maximum absolute atomic E-state index is 12.6. The molecule has 1 aromatic heterocycles. The second kappa shape index (κ2) is 7.23. The number of ether oxygens (including phenoxy) is 1. The van der Waals surface area contributed by atoms with Gasteiger partial charge in [-0.1, -0.05) is 13.8 Å².